The Morgan fingerprint density at radius 2 is 1.68 bits per heavy atom. The Morgan fingerprint density at radius 1 is 1.03 bits per heavy atom. The summed E-state index contributed by atoms with van der Waals surface area (Å²) < 4.78 is 57.6. The van der Waals surface area contributed by atoms with Crippen LogP contribution in [0.5, 0.6) is 0 Å². The quantitative estimate of drug-likeness (QED) is 0.447. The first-order chi connectivity index (χ1) is 15.8. The first kappa shape index (κ1) is 26.6. The summed E-state index contributed by atoms with van der Waals surface area (Å²) in [6.45, 7) is 4.14. The predicted molar refractivity (Wildman–Crippen MR) is 110 cm³/mol. The number of methoxy groups -OCH3 is 1. The predicted octanol–water partition coefficient (Wildman–Crippen LogP) is 2.77. The van der Waals surface area contributed by atoms with E-state index in [1.165, 1.54) is 0 Å². The smallest absolute Gasteiger partial charge is 0.422 e. The molecule has 0 fully saturated rings. The number of esters is 2. The molecule has 13 heteroatoms. The molecule has 0 spiro atoms. The fraction of sp³-hybridized carbons (Fsp3) is 0.476. The summed E-state index contributed by atoms with van der Waals surface area (Å²) in [6, 6.07) is 8.25. The Kier molecular flexibility index (Phi) is 8.24. The Morgan fingerprint density at radius 3 is 2.24 bits per heavy atom. The Bertz CT molecular complexity index is 1000. The van der Waals surface area contributed by atoms with Crippen LogP contribution in [0.25, 0.3) is 0 Å². The number of aromatic nitrogens is 3. The van der Waals surface area contributed by atoms with Crippen LogP contribution in [0.1, 0.15) is 32.0 Å². The van der Waals surface area contributed by atoms with Gasteiger partial charge in [-0.25, -0.2) is 14.3 Å². The third-order valence-electron chi connectivity index (χ3n) is 4.52. The minimum Gasteiger partial charge on any atom is -0.467 e. The highest BCUT2D eigenvalue weighted by Gasteiger charge is 2.63. The van der Waals surface area contributed by atoms with Gasteiger partial charge in [-0.05, 0) is 26.3 Å². The van der Waals surface area contributed by atoms with Gasteiger partial charge in [0.05, 0.1) is 24.4 Å². The molecule has 1 heterocycles. The molecule has 0 bridgehead atoms. The largest absolute Gasteiger partial charge is 0.467 e. The summed E-state index contributed by atoms with van der Waals surface area (Å²) in [6.07, 6.45) is -6.86. The average molecular weight is 486 g/mol. The molecule has 0 aliphatic heterocycles. The molecule has 2 rings (SSSR count). The van der Waals surface area contributed by atoms with E-state index in [0.29, 0.717) is 5.56 Å². The molecule has 1 aromatic heterocycles. The van der Waals surface area contributed by atoms with E-state index in [1.807, 2.05) is 0 Å². The zero-order chi connectivity index (χ0) is 25.6. The SMILES string of the molecule is COC(=O)C(Cc1cn(COC(=O)C(C)(C)C)nn1)(NC(=O)OCc1ccccc1)C(F)(F)F. The van der Waals surface area contributed by atoms with Crippen LogP contribution in [-0.2, 0) is 43.6 Å². The Labute approximate surface area is 193 Å². The van der Waals surface area contributed by atoms with Crippen molar-refractivity contribution in [1.29, 1.82) is 0 Å². The van der Waals surface area contributed by atoms with Gasteiger partial charge in [0, 0.05) is 6.42 Å². The topological polar surface area (TPSA) is 122 Å². The molecule has 0 saturated heterocycles. The van der Waals surface area contributed by atoms with Crippen LogP contribution in [0.15, 0.2) is 36.5 Å². The molecular formula is C21H25F3N4O6. The molecule has 34 heavy (non-hydrogen) atoms. The van der Waals surface area contributed by atoms with Gasteiger partial charge in [0.1, 0.15) is 6.61 Å². The number of benzene rings is 1. The van der Waals surface area contributed by atoms with Gasteiger partial charge in [0.15, 0.2) is 6.73 Å². The number of amides is 1. The number of carbonyl (C=O) groups excluding carboxylic acids is 3. The van der Waals surface area contributed by atoms with Crippen LogP contribution in [-0.4, -0.2) is 51.9 Å². The molecule has 0 aliphatic carbocycles. The zero-order valence-electron chi connectivity index (χ0n) is 19.0. The summed E-state index contributed by atoms with van der Waals surface area (Å²) in [5, 5.41) is 8.79. The number of carbonyl (C=O) groups is 3. The van der Waals surface area contributed by atoms with Crippen molar-refractivity contribution in [1.82, 2.24) is 20.3 Å². The van der Waals surface area contributed by atoms with E-state index in [-0.39, 0.29) is 12.3 Å². The first-order valence-electron chi connectivity index (χ1n) is 9.99. The molecule has 1 atom stereocenters. The number of alkyl halides is 3. The number of nitrogens with one attached hydrogen (secondary N) is 1. The first-order valence-corrected chi connectivity index (χ1v) is 9.99. The van der Waals surface area contributed by atoms with E-state index in [4.69, 9.17) is 9.47 Å². The van der Waals surface area contributed by atoms with Crippen LogP contribution in [0.3, 0.4) is 0 Å². The van der Waals surface area contributed by atoms with Crippen LogP contribution < -0.4 is 5.32 Å². The average Bonchev–Trinajstić information content (AvgIpc) is 3.21. The number of hydrogen-bond acceptors (Lipinski definition) is 8. The number of ether oxygens (including phenoxy) is 3. The third kappa shape index (κ3) is 6.68. The van der Waals surface area contributed by atoms with Crippen molar-refractivity contribution in [3.05, 3.63) is 47.8 Å². The lowest BCUT2D eigenvalue weighted by Crippen LogP contribution is -2.65. The molecule has 0 aliphatic rings. The van der Waals surface area contributed by atoms with Crippen LogP contribution in [0.2, 0.25) is 0 Å². The normalized spacial score (nSPS) is 13.5. The maximum absolute atomic E-state index is 14.1. The van der Waals surface area contributed by atoms with E-state index < -0.39 is 48.3 Å². The highest BCUT2D eigenvalue weighted by molar-refractivity contribution is 5.87. The highest BCUT2D eigenvalue weighted by atomic mass is 19.4. The van der Waals surface area contributed by atoms with E-state index in [9.17, 15) is 27.6 Å². The number of alkyl carbamates (subject to hydrolysis) is 1. The lowest BCUT2D eigenvalue weighted by Gasteiger charge is -2.32. The van der Waals surface area contributed by atoms with Crippen molar-refractivity contribution >= 4 is 18.0 Å². The molecule has 2 aromatic rings. The number of rotatable bonds is 8. The Hall–Kier alpha value is -3.64. The standard InChI is InChI=1S/C21H25F3N4O6/c1-19(2,3)16(29)34-13-28-11-15(26-27-28)10-20(17(30)32-4,21(22,23)24)25-18(31)33-12-14-8-6-5-7-9-14/h5-9,11H,10,12-13H2,1-4H3,(H,25,31). The molecule has 186 valence electrons. The minimum absolute atomic E-state index is 0.321. The summed E-state index contributed by atoms with van der Waals surface area (Å²) in [5.74, 6) is -2.34. The van der Waals surface area contributed by atoms with Crippen LogP contribution >= 0.6 is 0 Å². The highest BCUT2D eigenvalue weighted by Crippen LogP contribution is 2.34. The van der Waals surface area contributed by atoms with Crippen LogP contribution in [0.4, 0.5) is 18.0 Å². The molecule has 1 amide bonds. The van der Waals surface area contributed by atoms with Gasteiger partial charge in [0.25, 0.3) is 0 Å². The van der Waals surface area contributed by atoms with E-state index in [1.54, 1.807) is 56.4 Å². The maximum Gasteiger partial charge on any atom is 0.422 e. The maximum atomic E-state index is 14.1. The molecule has 1 aromatic carbocycles. The van der Waals surface area contributed by atoms with Gasteiger partial charge in [-0.2, -0.15) is 13.2 Å². The van der Waals surface area contributed by atoms with E-state index >= 15 is 0 Å². The van der Waals surface area contributed by atoms with Crippen molar-refractivity contribution in [2.75, 3.05) is 7.11 Å². The second-order valence-electron chi connectivity index (χ2n) is 8.32. The van der Waals surface area contributed by atoms with Gasteiger partial charge in [-0.1, -0.05) is 35.5 Å². The summed E-state index contributed by atoms with van der Waals surface area (Å²) in [5.41, 5.74) is -4.10. The molecule has 1 N–H and O–H groups in total. The summed E-state index contributed by atoms with van der Waals surface area (Å²) >= 11 is 0. The van der Waals surface area contributed by atoms with Gasteiger partial charge >= 0.3 is 24.2 Å². The lowest BCUT2D eigenvalue weighted by molar-refractivity contribution is -0.210. The van der Waals surface area contributed by atoms with Crippen molar-refractivity contribution in [2.24, 2.45) is 5.41 Å². The van der Waals surface area contributed by atoms with E-state index in [2.05, 4.69) is 15.0 Å². The summed E-state index contributed by atoms with van der Waals surface area (Å²) in [7, 11) is 0.753. The lowest BCUT2D eigenvalue weighted by atomic mass is 9.92. The van der Waals surface area contributed by atoms with Crippen LogP contribution in [0, 0.1) is 5.41 Å². The van der Waals surface area contributed by atoms with Gasteiger partial charge in [-0.15, -0.1) is 5.10 Å². The van der Waals surface area contributed by atoms with Gasteiger partial charge in [0.2, 0.25) is 5.54 Å². The van der Waals surface area contributed by atoms with Crippen molar-refractivity contribution in [2.45, 2.75) is 52.2 Å². The number of nitrogens with zero attached hydrogens (tertiary/aromatic N) is 3. The fourth-order valence-electron chi connectivity index (χ4n) is 2.66. The third-order valence-corrected chi connectivity index (χ3v) is 4.52. The Balaban J connectivity index is 2.21. The molecule has 0 saturated carbocycles. The van der Waals surface area contributed by atoms with Crippen molar-refractivity contribution in [3.63, 3.8) is 0 Å². The second-order valence-corrected chi connectivity index (χ2v) is 8.32. The second kappa shape index (κ2) is 10.5. The van der Waals surface area contributed by atoms with E-state index in [0.717, 1.165) is 18.0 Å². The molecule has 10 nitrogen and oxygen atoms in total. The zero-order valence-corrected chi connectivity index (χ0v) is 19.0. The molecule has 0 radical (unpaired) electrons. The van der Waals surface area contributed by atoms with Gasteiger partial charge < -0.3 is 14.2 Å². The molecule has 1 unspecified atom stereocenters. The van der Waals surface area contributed by atoms with Gasteiger partial charge in [-0.3, -0.25) is 10.1 Å². The summed E-state index contributed by atoms with van der Waals surface area (Å²) in [4.78, 5) is 36.4. The number of halogens is 3. The monoisotopic (exact) mass is 486 g/mol. The fourth-order valence-corrected chi connectivity index (χ4v) is 2.66. The van der Waals surface area contributed by atoms with Crippen molar-refractivity contribution < 1.29 is 41.8 Å². The van der Waals surface area contributed by atoms with Crippen molar-refractivity contribution in [3.8, 4) is 0 Å². The minimum atomic E-state index is -5.28. The number of hydrogen-bond donors (Lipinski definition) is 1. The molecular weight excluding hydrogens is 461 g/mol.